The van der Waals surface area contributed by atoms with Crippen molar-refractivity contribution in [2.75, 3.05) is 19.6 Å². The Morgan fingerprint density at radius 2 is 1.85 bits per heavy atom. The first kappa shape index (κ1) is 17.0. The van der Waals surface area contributed by atoms with E-state index in [9.17, 15) is 4.79 Å². The van der Waals surface area contributed by atoms with Crippen LogP contribution in [-0.2, 0) is 11.2 Å². The Morgan fingerprint density at radius 3 is 2.45 bits per heavy atom. The van der Waals surface area contributed by atoms with Crippen LogP contribution in [0.25, 0.3) is 0 Å². The number of likely N-dealkylation sites (tertiary alicyclic amines) is 1. The molecule has 0 unspecified atom stereocenters. The lowest BCUT2D eigenvalue weighted by atomic mass is 9.90. The zero-order valence-electron chi connectivity index (χ0n) is 12.0. The summed E-state index contributed by atoms with van der Waals surface area (Å²) in [6, 6.07) is 10.6. The lowest BCUT2D eigenvalue weighted by Gasteiger charge is -2.32. The van der Waals surface area contributed by atoms with Gasteiger partial charge in [-0.1, -0.05) is 30.3 Å². The van der Waals surface area contributed by atoms with Crippen LogP contribution in [-0.4, -0.2) is 30.4 Å². The number of nitrogens with two attached hydrogens (primary N) is 1. The monoisotopic (exact) mass is 296 g/mol. The van der Waals surface area contributed by atoms with Crippen LogP contribution in [0.15, 0.2) is 30.3 Å². The van der Waals surface area contributed by atoms with Gasteiger partial charge in [0.1, 0.15) is 0 Å². The van der Waals surface area contributed by atoms with Gasteiger partial charge in [0.05, 0.1) is 0 Å². The summed E-state index contributed by atoms with van der Waals surface area (Å²) in [6.45, 7) is 2.44. The minimum atomic E-state index is 0. The van der Waals surface area contributed by atoms with Gasteiger partial charge in [-0.05, 0) is 43.7 Å². The highest BCUT2D eigenvalue weighted by molar-refractivity contribution is 5.85. The maximum Gasteiger partial charge on any atom is 0.222 e. The highest BCUT2D eigenvalue weighted by atomic mass is 35.5. The maximum absolute atomic E-state index is 11.9. The molecule has 0 saturated carbocycles. The van der Waals surface area contributed by atoms with Crippen molar-refractivity contribution in [2.45, 2.75) is 32.1 Å². The minimum absolute atomic E-state index is 0. The van der Waals surface area contributed by atoms with Gasteiger partial charge in [-0.15, -0.1) is 12.4 Å². The van der Waals surface area contributed by atoms with E-state index >= 15 is 0 Å². The average molecular weight is 297 g/mol. The Bertz CT molecular complexity index is 389. The molecule has 1 heterocycles. The highest BCUT2D eigenvalue weighted by Gasteiger charge is 2.22. The van der Waals surface area contributed by atoms with E-state index in [1.807, 2.05) is 4.90 Å². The molecule has 0 bridgehead atoms. The number of carbonyl (C=O) groups excluding carboxylic acids is 1. The fourth-order valence-corrected chi connectivity index (χ4v) is 2.75. The van der Waals surface area contributed by atoms with Gasteiger partial charge in [0.2, 0.25) is 5.91 Å². The number of benzene rings is 1. The van der Waals surface area contributed by atoms with Crippen LogP contribution in [0.5, 0.6) is 0 Å². The van der Waals surface area contributed by atoms with Crippen LogP contribution < -0.4 is 5.73 Å². The molecule has 0 atom stereocenters. The second kappa shape index (κ2) is 8.98. The van der Waals surface area contributed by atoms with Crippen molar-refractivity contribution in [1.29, 1.82) is 0 Å². The van der Waals surface area contributed by atoms with E-state index in [2.05, 4.69) is 30.3 Å². The quantitative estimate of drug-likeness (QED) is 0.908. The summed E-state index contributed by atoms with van der Waals surface area (Å²) < 4.78 is 0. The van der Waals surface area contributed by atoms with Gasteiger partial charge < -0.3 is 10.6 Å². The summed E-state index contributed by atoms with van der Waals surface area (Å²) in [4.78, 5) is 13.9. The molecular weight excluding hydrogens is 272 g/mol. The molecule has 1 fully saturated rings. The average Bonchev–Trinajstić information content (AvgIpc) is 2.46. The molecule has 1 aromatic rings. The van der Waals surface area contributed by atoms with Gasteiger partial charge in [-0.25, -0.2) is 0 Å². The van der Waals surface area contributed by atoms with Crippen molar-refractivity contribution >= 4 is 18.3 Å². The Hall–Kier alpha value is -1.06. The second-order valence-electron chi connectivity index (χ2n) is 5.41. The maximum atomic E-state index is 11.9. The zero-order valence-corrected chi connectivity index (χ0v) is 12.8. The Labute approximate surface area is 127 Å². The van der Waals surface area contributed by atoms with E-state index in [1.165, 1.54) is 5.56 Å². The highest BCUT2D eigenvalue weighted by Crippen LogP contribution is 2.22. The van der Waals surface area contributed by atoms with E-state index in [4.69, 9.17) is 5.73 Å². The predicted molar refractivity (Wildman–Crippen MR) is 85.0 cm³/mol. The fourth-order valence-electron chi connectivity index (χ4n) is 2.75. The largest absolute Gasteiger partial charge is 0.343 e. The van der Waals surface area contributed by atoms with Crippen molar-refractivity contribution in [3.63, 3.8) is 0 Å². The van der Waals surface area contributed by atoms with Crippen LogP contribution in [0.1, 0.15) is 31.2 Å². The number of halogens is 1. The predicted octanol–water partition coefficient (Wildman–Crippen LogP) is 2.63. The summed E-state index contributed by atoms with van der Waals surface area (Å²) >= 11 is 0. The van der Waals surface area contributed by atoms with Crippen molar-refractivity contribution in [3.8, 4) is 0 Å². The van der Waals surface area contributed by atoms with E-state index in [1.54, 1.807) is 0 Å². The topological polar surface area (TPSA) is 46.3 Å². The first-order valence-electron chi connectivity index (χ1n) is 7.31. The van der Waals surface area contributed by atoms with Crippen molar-refractivity contribution in [3.05, 3.63) is 35.9 Å². The number of hydrogen-bond donors (Lipinski definition) is 1. The molecular formula is C16H25ClN2O. The lowest BCUT2D eigenvalue weighted by Crippen LogP contribution is -2.39. The van der Waals surface area contributed by atoms with Gasteiger partial charge in [0.15, 0.2) is 0 Å². The van der Waals surface area contributed by atoms with E-state index in [-0.39, 0.29) is 18.3 Å². The molecule has 1 aliphatic rings. The van der Waals surface area contributed by atoms with E-state index in [0.29, 0.717) is 13.0 Å². The van der Waals surface area contributed by atoms with Crippen LogP contribution in [0.4, 0.5) is 0 Å². The van der Waals surface area contributed by atoms with Gasteiger partial charge in [-0.3, -0.25) is 4.79 Å². The van der Waals surface area contributed by atoms with Gasteiger partial charge >= 0.3 is 0 Å². The molecule has 1 saturated heterocycles. The number of hydrogen-bond acceptors (Lipinski definition) is 2. The molecule has 0 aliphatic carbocycles. The Morgan fingerprint density at radius 1 is 1.20 bits per heavy atom. The summed E-state index contributed by atoms with van der Waals surface area (Å²) in [5.41, 5.74) is 6.86. The number of amides is 1. The van der Waals surface area contributed by atoms with Crippen LogP contribution >= 0.6 is 12.4 Å². The summed E-state index contributed by atoms with van der Waals surface area (Å²) in [6.07, 6.45) is 4.82. The summed E-state index contributed by atoms with van der Waals surface area (Å²) in [5, 5.41) is 0. The molecule has 112 valence electrons. The molecule has 0 spiro atoms. The fraction of sp³-hybridized carbons (Fsp3) is 0.562. The van der Waals surface area contributed by atoms with Crippen molar-refractivity contribution in [1.82, 2.24) is 4.90 Å². The number of piperidine rings is 1. The molecule has 1 aliphatic heterocycles. The van der Waals surface area contributed by atoms with Crippen LogP contribution in [0, 0.1) is 5.92 Å². The van der Waals surface area contributed by atoms with Gasteiger partial charge in [0, 0.05) is 19.5 Å². The first-order chi connectivity index (χ1) is 9.29. The second-order valence-corrected chi connectivity index (χ2v) is 5.41. The Balaban J connectivity index is 0.00000200. The molecule has 2 N–H and O–H groups in total. The summed E-state index contributed by atoms with van der Waals surface area (Å²) in [7, 11) is 0. The van der Waals surface area contributed by atoms with E-state index < -0.39 is 0 Å². The van der Waals surface area contributed by atoms with Gasteiger partial charge in [-0.2, -0.15) is 0 Å². The molecule has 1 amide bonds. The first-order valence-corrected chi connectivity index (χ1v) is 7.31. The number of rotatable bonds is 5. The van der Waals surface area contributed by atoms with Crippen molar-refractivity contribution < 1.29 is 4.79 Å². The minimum Gasteiger partial charge on any atom is -0.343 e. The van der Waals surface area contributed by atoms with Crippen LogP contribution in [0.3, 0.4) is 0 Å². The molecule has 0 radical (unpaired) electrons. The smallest absolute Gasteiger partial charge is 0.222 e. The third-order valence-corrected chi connectivity index (χ3v) is 3.93. The summed E-state index contributed by atoms with van der Waals surface area (Å²) in [5.74, 6) is 1.00. The number of carbonyl (C=O) groups is 1. The normalized spacial score (nSPS) is 15.8. The van der Waals surface area contributed by atoms with Gasteiger partial charge in [0.25, 0.3) is 0 Å². The third-order valence-electron chi connectivity index (χ3n) is 3.93. The molecule has 20 heavy (non-hydrogen) atoms. The molecule has 4 heteroatoms. The SMILES string of the molecule is Cl.NCCCC(=O)N1CCC(Cc2ccccc2)CC1. The van der Waals surface area contributed by atoms with Crippen LogP contribution in [0.2, 0.25) is 0 Å². The zero-order chi connectivity index (χ0) is 13.5. The molecule has 0 aromatic heterocycles. The van der Waals surface area contributed by atoms with Crippen molar-refractivity contribution in [2.24, 2.45) is 11.7 Å². The molecule has 3 nitrogen and oxygen atoms in total. The van der Waals surface area contributed by atoms with E-state index in [0.717, 1.165) is 44.7 Å². The number of nitrogens with zero attached hydrogens (tertiary/aromatic N) is 1. The third kappa shape index (κ3) is 5.14. The molecule has 2 rings (SSSR count). The molecule has 1 aromatic carbocycles. The lowest BCUT2D eigenvalue weighted by molar-refractivity contribution is -0.132. The standard InChI is InChI=1S/C16H24N2O.ClH/c17-10-4-7-16(19)18-11-8-15(9-12-18)13-14-5-2-1-3-6-14;/h1-3,5-6,15H,4,7-13,17H2;1H. The Kier molecular flexibility index (Phi) is 7.63.